The lowest BCUT2D eigenvalue weighted by molar-refractivity contribution is 0.0886. The van der Waals surface area contributed by atoms with E-state index in [-0.39, 0.29) is 18.3 Å². The van der Waals surface area contributed by atoms with Gasteiger partial charge in [0.25, 0.3) is 5.91 Å². The minimum absolute atomic E-state index is 0.0196. The Morgan fingerprint density at radius 1 is 1.50 bits per heavy atom. The van der Waals surface area contributed by atoms with Crippen LogP contribution in [0.2, 0.25) is 0 Å². The molecule has 0 heterocycles. The Balaban J connectivity index is 2.89. The highest BCUT2D eigenvalue weighted by molar-refractivity contribution is 7.97. The van der Waals surface area contributed by atoms with Crippen molar-refractivity contribution in [2.24, 2.45) is 0 Å². The molecule has 0 aliphatic rings. The van der Waals surface area contributed by atoms with Crippen molar-refractivity contribution >= 4 is 17.7 Å². The minimum atomic E-state index is -0.445. The number of rotatable bonds is 7. The summed E-state index contributed by atoms with van der Waals surface area (Å²) in [6.45, 7) is 3.87. The molecule has 0 aliphatic heterocycles. The lowest BCUT2D eigenvalue weighted by Crippen LogP contribution is -2.46. The van der Waals surface area contributed by atoms with E-state index in [9.17, 15) is 9.18 Å². The van der Waals surface area contributed by atoms with E-state index in [0.717, 1.165) is 6.42 Å². The van der Waals surface area contributed by atoms with Crippen molar-refractivity contribution in [3.8, 4) is 0 Å². The Labute approximate surface area is 124 Å². The van der Waals surface area contributed by atoms with Gasteiger partial charge in [-0.05, 0) is 49.8 Å². The number of benzene rings is 1. The first kappa shape index (κ1) is 17.0. The van der Waals surface area contributed by atoms with Gasteiger partial charge in [0.15, 0.2) is 0 Å². The molecule has 3 nitrogen and oxygen atoms in total. The third-order valence-corrected chi connectivity index (χ3v) is 4.07. The third-order valence-electron chi connectivity index (χ3n) is 3.47. The maximum atomic E-state index is 13.6. The molecule has 0 fully saturated rings. The molecule has 112 valence electrons. The highest BCUT2D eigenvalue weighted by Gasteiger charge is 2.24. The van der Waals surface area contributed by atoms with Crippen molar-refractivity contribution < 1.29 is 14.3 Å². The maximum absolute atomic E-state index is 13.6. The van der Waals surface area contributed by atoms with Gasteiger partial charge in [-0.3, -0.25) is 4.79 Å². The molecular formula is C15H22FNO2S. The molecule has 0 aliphatic carbocycles. The van der Waals surface area contributed by atoms with Crippen LogP contribution in [-0.4, -0.2) is 29.4 Å². The third kappa shape index (κ3) is 4.49. The average molecular weight is 299 g/mol. The van der Waals surface area contributed by atoms with Crippen molar-refractivity contribution in [2.75, 3.05) is 12.9 Å². The lowest BCUT2D eigenvalue weighted by atomic mass is 9.94. The van der Waals surface area contributed by atoms with Gasteiger partial charge in [0.1, 0.15) is 5.82 Å². The number of carbonyl (C=O) groups is 1. The van der Waals surface area contributed by atoms with Crippen LogP contribution >= 0.6 is 11.8 Å². The summed E-state index contributed by atoms with van der Waals surface area (Å²) in [6, 6.07) is 4.41. The molecule has 1 aromatic carbocycles. The monoisotopic (exact) mass is 299 g/mol. The molecule has 1 amide bonds. The van der Waals surface area contributed by atoms with E-state index in [1.54, 1.807) is 6.07 Å². The van der Waals surface area contributed by atoms with Crippen molar-refractivity contribution in [3.05, 3.63) is 35.1 Å². The van der Waals surface area contributed by atoms with Gasteiger partial charge in [-0.25, -0.2) is 4.39 Å². The standard InChI is InChI=1S/C15H22FNO2S/c1-4-15(2,7-8-18)17-14(19)11-5-6-13(16)12(9-11)10-20-3/h5-6,9,18H,4,7-8,10H2,1-3H3,(H,17,19). The number of aliphatic hydroxyl groups is 1. The number of aliphatic hydroxyl groups excluding tert-OH is 1. The number of hydrogen-bond donors (Lipinski definition) is 2. The normalized spacial score (nSPS) is 13.8. The van der Waals surface area contributed by atoms with Gasteiger partial charge < -0.3 is 10.4 Å². The van der Waals surface area contributed by atoms with E-state index in [1.807, 2.05) is 20.1 Å². The summed E-state index contributed by atoms with van der Waals surface area (Å²) in [6.07, 6.45) is 3.11. The Morgan fingerprint density at radius 3 is 2.75 bits per heavy atom. The van der Waals surface area contributed by atoms with Crippen molar-refractivity contribution in [3.63, 3.8) is 0 Å². The second-order valence-corrected chi connectivity index (χ2v) is 5.95. The zero-order valence-electron chi connectivity index (χ0n) is 12.2. The van der Waals surface area contributed by atoms with E-state index in [1.165, 1.54) is 23.9 Å². The predicted molar refractivity (Wildman–Crippen MR) is 81.5 cm³/mol. The first-order valence-corrected chi connectivity index (χ1v) is 8.06. The summed E-state index contributed by atoms with van der Waals surface area (Å²) >= 11 is 1.51. The molecule has 0 aromatic heterocycles. The second-order valence-electron chi connectivity index (χ2n) is 5.08. The van der Waals surface area contributed by atoms with Crippen LogP contribution in [0.3, 0.4) is 0 Å². The smallest absolute Gasteiger partial charge is 0.251 e. The predicted octanol–water partition coefficient (Wildman–Crippen LogP) is 2.97. The Bertz CT molecular complexity index is 467. The van der Waals surface area contributed by atoms with Gasteiger partial charge in [-0.2, -0.15) is 11.8 Å². The molecule has 1 rings (SSSR count). The number of hydrogen-bond acceptors (Lipinski definition) is 3. The van der Waals surface area contributed by atoms with E-state index in [0.29, 0.717) is 23.3 Å². The molecule has 0 saturated heterocycles. The Hall–Kier alpha value is -1.07. The molecule has 5 heteroatoms. The first-order valence-electron chi connectivity index (χ1n) is 6.66. The molecule has 0 bridgehead atoms. The average Bonchev–Trinajstić information content (AvgIpc) is 2.41. The molecule has 0 radical (unpaired) electrons. The van der Waals surface area contributed by atoms with Gasteiger partial charge in [0, 0.05) is 23.5 Å². The molecule has 1 unspecified atom stereocenters. The van der Waals surface area contributed by atoms with Crippen LogP contribution in [0.4, 0.5) is 4.39 Å². The topological polar surface area (TPSA) is 49.3 Å². The summed E-state index contributed by atoms with van der Waals surface area (Å²) in [5.74, 6) is 0.0175. The van der Waals surface area contributed by atoms with Gasteiger partial charge in [0.05, 0.1) is 0 Å². The summed E-state index contributed by atoms with van der Waals surface area (Å²) < 4.78 is 13.6. The number of nitrogens with one attached hydrogen (secondary N) is 1. The summed E-state index contributed by atoms with van der Waals surface area (Å²) in [5, 5.41) is 12.0. The number of halogens is 1. The molecule has 1 aromatic rings. The largest absolute Gasteiger partial charge is 0.396 e. The molecular weight excluding hydrogens is 277 g/mol. The molecule has 1 atom stereocenters. The first-order chi connectivity index (χ1) is 9.45. The summed E-state index contributed by atoms with van der Waals surface area (Å²) in [4.78, 5) is 12.2. The summed E-state index contributed by atoms with van der Waals surface area (Å²) in [7, 11) is 0. The SMILES string of the molecule is CCC(C)(CCO)NC(=O)c1ccc(F)c(CSC)c1. The van der Waals surface area contributed by atoms with Gasteiger partial charge >= 0.3 is 0 Å². The molecule has 0 spiro atoms. The quantitative estimate of drug-likeness (QED) is 0.814. The number of carbonyl (C=O) groups excluding carboxylic acids is 1. The van der Waals surface area contributed by atoms with Gasteiger partial charge in [0.2, 0.25) is 0 Å². The fourth-order valence-electron chi connectivity index (χ4n) is 1.90. The highest BCUT2D eigenvalue weighted by Crippen LogP contribution is 2.18. The van der Waals surface area contributed by atoms with Crippen LogP contribution in [0, 0.1) is 5.82 Å². The van der Waals surface area contributed by atoms with Crippen LogP contribution in [0.1, 0.15) is 42.6 Å². The summed E-state index contributed by atoms with van der Waals surface area (Å²) in [5.41, 5.74) is 0.540. The van der Waals surface area contributed by atoms with E-state index < -0.39 is 5.54 Å². The minimum Gasteiger partial charge on any atom is -0.396 e. The molecule has 2 N–H and O–H groups in total. The Kier molecular flexibility index (Phi) is 6.49. The van der Waals surface area contributed by atoms with Crippen LogP contribution in [-0.2, 0) is 5.75 Å². The van der Waals surface area contributed by atoms with Crippen molar-refractivity contribution in [1.29, 1.82) is 0 Å². The highest BCUT2D eigenvalue weighted by atomic mass is 32.2. The maximum Gasteiger partial charge on any atom is 0.251 e. The van der Waals surface area contributed by atoms with Gasteiger partial charge in [-0.15, -0.1) is 0 Å². The molecule has 20 heavy (non-hydrogen) atoms. The van der Waals surface area contributed by atoms with Crippen LogP contribution in [0.25, 0.3) is 0 Å². The molecule has 0 saturated carbocycles. The van der Waals surface area contributed by atoms with Crippen LogP contribution in [0.15, 0.2) is 18.2 Å². The zero-order chi connectivity index (χ0) is 15.2. The van der Waals surface area contributed by atoms with E-state index in [4.69, 9.17) is 5.11 Å². The van der Waals surface area contributed by atoms with E-state index in [2.05, 4.69) is 5.32 Å². The van der Waals surface area contributed by atoms with Crippen LogP contribution in [0.5, 0.6) is 0 Å². The van der Waals surface area contributed by atoms with Gasteiger partial charge in [-0.1, -0.05) is 6.92 Å². The van der Waals surface area contributed by atoms with Crippen LogP contribution < -0.4 is 5.32 Å². The second kappa shape index (κ2) is 7.64. The fourth-order valence-corrected chi connectivity index (χ4v) is 2.44. The Morgan fingerprint density at radius 2 is 2.20 bits per heavy atom. The van der Waals surface area contributed by atoms with E-state index >= 15 is 0 Å². The number of thioether (sulfide) groups is 1. The fraction of sp³-hybridized carbons (Fsp3) is 0.533. The van der Waals surface area contributed by atoms with Crippen molar-refractivity contribution in [1.82, 2.24) is 5.32 Å². The number of amides is 1. The zero-order valence-corrected chi connectivity index (χ0v) is 13.0. The van der Waals surface area contributed by atoms with Crippen molar-refractivity contribution in [2.45, 2.75) is 38.0 Å². The lowest BCUT2D eigenvalue weighted by Gasteiger charge is -2.29.